The van der Waals surface area contributed by atoms with Crippen molar-refractivity contribution in [2.75, 3.05) is 19.5 Å². The van der Waals surface area contributed by atoms with Crippen molar-refractivity contribution in [1.82, 2.24) is 5.32 Å². The van der Waals surface area contributed by atoms with Crippen LogP contribution < -0.4 is 10.1 Å². The Morgan fingerprint density at radius 3 is 2.83 bits per heavy atom. The summed E-state index contributed by atoms with van der Waals surface area (Å²) in [5, 5.41) is 3.48. The summed E-state index contributed by atoms with van der Waals surface area (Å²) in [4.78, 5) is 0. The normalized spacial score (nSPS) is 12.4. The molecular formula is C14H21BrClNO. The molecular weight excluding hydrogens is 314 g/mol. The number of hydrogen-bond donors (Lipinski definition) is 1. The maximum atomic E-state index is 5.79. The molecule has 1 rings (SSSR count). The highest BCUT2D eigenvalue weighted by atomic mass is 79.9. The van der Waals surface area contributed by atoms with Gasteiger partial charge in [0.1, 0.15) is 5.75 Å². The summed E-state index contributed by atoms with van der Waals surface area (Å²) in [7, 11) is 1.70. The summed E-state index contributed by atoms with van der Waals surface area (Å²) < 4.78 is 6.43. The summed E-state index contributed by atoms with van der Waals surface area (Å²) in [6, 6.07) is 6.07. The van der Waals surface area contributed by atoms with Crippen LogP contribution in [0.15, 0.2) is 22.7 Å². The number of ether oxygens (including phenoxy) is 1. The Morgan fingerprint density at radius 2 is 2.22 bits per heavy atom. The lowest BCUT2D eigenvalue weighted by atomic mass is 10.0. The molecule has 1 aromatic carbocycles. The van der Waals surface area contributed by atoms with E-state index >= 15 is 0 Å². The van der Waals surface area contributed by atoms with Gasteiger partial charge in [0.2, 0.25) is 0 Å². The lowest BCUT2D eigenvalue weighted by Crippen LogP contribution is -2.22. The Morgan fingerprint density at radius 1 is 1.44 bits per heavy atom. The van der Waals surface area contributed by atoms with E-state index in [0.29, 0.717) is 5.92 Å². The van der Waals surface area contributed by atoms with E-state index in [2.05, 4.69) is 34.2 Å². The third-order valence-corrected chi connectivity index (χ3v) is 3.80. The molecule has 1 atom stereocenters. The van der Waals surface area contributed by atoms with Crippen molar-refractivity contribution in [3.8, 4) is 5.75 Å². The van der Waals surface area contributed by atoms with Crippen molar-refractivity contribution in [1.29, 1.82) is 0 Å². The molecule has 1 unspecified atom stereocenters. The zero-order chi connectivity index (χ0) is 13.4. The van der Waals surface area contributed by atoms with Crippen molar-refractivity contribution in [2.24, 2.45) is 5.92 Å². The highest BCUT2D eigenvalue weighted by Gasteiger charge is 2.07. The largest absolute Gasteiger partial charge is 0.496 e. The highest BCUT2D eigenvalue weighted by molar-refractivity contribution is 9.10. The number of rotatable bonds is 8. The van der Waals surface area contributed by atoms with E-state index in [9.17, 15) is 0 Å². The second kappa shape index (κ2) is 8.78. The fraction of sp³-hybridized carbons (Fsp3) is 0.571. The first-order chi connectivity index (χ1) is 8.71. The third-order valence-electron chi connectivity index (χ3n) is 3.09. The first-order valence-corrected chi connectivity index (χ1v) is 7.63. The van der Waals surface area contributed by atoms with Crippen LogP contribution in [-0.2, 0) is 6.54 Å². The van der Waals surface area contributed by atoms with E-state index in [1.807, 2.05) is 12.1 Å². The van der Waals surface area contributed by atoms with Gasteiger partial charge in [0.25, 0.3) is 0 Å². The SMILES string of the molecule is CCC(CCCl)CNCc1cc(Br)ccc1OC. The molecule has 18 heavy (non-hydrogen) atoms. The van der Waals surface area contributed by atoms with Crippen LogP contribution in [0.2, 0.25) is 0 Å². The minimum atomic E-state index is 0.653. The Labute approximate surface area is 123 Å². The summed E-state index contributed by atoms with van der Waals surface area (Å²) in [5.41, 5.74) is 1.17. The highest BCUT2D eigenvalue weighted by Crippen LogP contribution is 2.22. The summed E-state index contributed by atoms with van der Waals surface area (Å²) in [6.45, 7) is 4.03. The summed E-state index contributed by atoms with van der Waals surface area (Å²) in [6.07, 6.45) is 2.23. The van der Waals surface area contributed by atoms with Crippen molar-refractivity contribution in [3.05, 3.63) is 28.2 Å². The van der Waals surface area contributed by atoms with Crippen LogP contribution in [0.1, 0.15) is 25.3 Å². The van der Waals surface area contributed by atoms with Gasteiger partial charge >= 0.3 is 0 Å². The molecule has 0 aromatic heterocycles. The Hall–Kier alpha value is -0.250. The number of hydrogen-bond acceptors (Lipinski definition) is 2. The number of methoxy groups -OCH3 is 1. The molecule has 0 amide bonds. The Kier molecular flexibility index (Phi) is 7.71. The monoisotopic (exact) mass is 333 g/mol. The molecule has 0 aliphatic rings. The van der Waals surface area contributed by atoms with E-state index in [1.165, 1.54) is 5.56 Å². The first kappa shape index (κ1) is 15.8. The predicted octanol–water partition coefficient (Wildman–Crippen LogP) is 4.20. The molecule has 0 saturated carbocycles. The summed E-state index contributed by atoms with van der Waals surface area (Å²) in [5.74, 6) is 2.32. The van der Waals surface area contributed by atoms with Gasteiger partial charge in [-0.3, -0.25) is 0 Å². The molecule has 1 N–H and O–H groups in total. The molecule has 2 nitrogen and oxygen atoms in total. The number of alkyl halides is 1. The molecule has 0 aliphatic heterocycles. The molecule has 4 heteroatoms. The zero-order valence-corrected chi connectivity index (χ0v) is 13.4. The van der Waals surface area contributed by atoms with Crippen molar-refractivity contribution < 1.29 is 4.74 Å². The van der Waals surface area contributed by atoms with Gasteiger partial charge in [0.15, 0.2) is 0 Å². The first-order valence-electron chi connectivity index (χ1n) is 6.30. The molecule has 0 heterocycles. The van der Waals surface area contributed by atoms with Gasteiger partial charge in [-0.05, 0) is 37.1 Å². The van der Waals surface area contributed by atoms with Gasteiger partial charge < -0.3 is 10.1 Å². The van der Waals surface area contributed by atoms with E-state index in [1.54, 1.807) is 7.11 Å². The van der Waals surface area contributed by atoms with Crippen molar-refractivity contribution in [2.45, 2.75) is 26.3 Å². The lowest BCUT2D eigenvalue weighted by Gasteiger charge is -2.15. The van der Waals surface area contributed by atoms with Crippen molar-refractivity contribution in [3.63, 3.8) is 0 Å². The molecule has 0 saturated heterocycles. The smallest absolute Gasteiger partial charge is 0.123 e. The van der Waals surface area contributed by atoms with E-state index in [-0.39, 0.29) is 0 Å². The minimum absolute atomic E-state index is 0.653. The Bertz CT molecular complexity index is 360. The van der Waals surface area contributed by atoms with Gasteiger partial charge in [0, 0.05) is 22.5 Å². The predicted molar refractivity (Wildman–Crippen MR) is 81.5 cm³/mol. The number of benzene rings is 1. The van der Waals surface area contributed by atoms with Crippen LogP contribution in [0.5, 0.6) is 5.75 Å². The average molecular weight is 335 g/mol. The Balaban J connectivity index is 2.49. The van der Waals surface area contributed by atoms with Gasteiger partial charge in [-0.15, -0.1) is 11.6 Å². The second-order valence-electron chi connectivity index (χ2n) is 4.34. The number of halogens is 2. The third kappa shape index (κ3) is 5.17. The van der Waals surface area contributed by atoms with Gasteiger partial charge in [-0.2, -0.15) is 0 Å². The topological polar surface area (TPSA) is 21.3 Å². The lowest BCUT2D eigenvalue weighted by molar-refractivity contribution is 0.403. The molecule has 0 spiro atoms. The van der Waals surface area contributed by atoms with Gasteiger partial charge in [0.05, 0.1) is 7.11 Å². The minimum Gasteiger partial charge on any atom is -0.496 e. The molecule has 1 aromatic rings. The number of nitrogens with one attached hydrogen (secondary N) is 1. The van der Waals surface area contributed by atoms with E-state index < -0.39 is 0 Å². The molecule has 0 bridgehead atoms. The zero-order valence-electron chi connectivity index (χ0n) is 11.0. The molecule has 0 radical (unpaired) electrons. The maximum Gasteiger partial charge on any atom is 0.123 e. The van der Waals surface area contributed by atoms with Crippen LogP contribution in [0, 0.1) is 5.92 Å². The quantitative estimate of drug-likeness (QED) is 0.719. The fourth-order valence-corrected chi connectivity index (χ4v) is 2.62. The van der Waals surface area contributed by atoms with Gasteiger partial charge in [-0.1, -0.05) is 29.3 Å². The van der Waals surface area contributed by atoms with Crippen LogP contribution in [0.25, 0.3) is 0 Å². The summed E-state index contributed by atoms with van der Waals surface area (Å²) >= 11 is 9.27. The van der Waals surface area contributed by atoms with Crippen molar-refractivity contribution >= 4 is 27.5 Å². The molecule has 102 valence electrons. The van der Waals surface area contributed by atoms with Crippen LogP contribution >= 0.6 is 27.5 Å². The standard InChI is InChI=1S/C14H21BrClNO/c1-3-11(6-7-16)9-17-10-12-8-13(15)4-5-14(12)18-2/h4-5,8,11,17H,3,6-7,9-10H2,1-2H3. The molecule has 0 fully saturated rings. The molecule has 0 aliphatic carbocycles. The van der Waals surface area contributed by atoms with Crippen LogP contribution in [0.3, 0.4) is 0 Å². The van der Waals surface area contributed by atoms with Gasteiger partial charge in [-0.25, -0.2) is 0 Å². The van der Waals surface area contributed by atoms with Crippen LogP contribution in [-0.4, -0.2) is 19.5 Å². The average Bonchev–Trinajstić information content (AvgIpc) is 2.38. The van der Waals surface area contributed by atoms with E-state index in [4.69, 9.17) is 16.3 Å². The van der Waals surface area contributed by atoms with E-state index in [0.717, 1.165) is 42.0 Å². The van der Waals surface area contributed by atoms with Crippen LogP contribution in [0.4, 0.5) is 0 Å². The maximum absolute atomic E-state index is 5.79. The second-order valence-corrected chi connectivity index (χ2v) is 5.63. The fourth-order valence-electron chi connectivity index (χ4n) is 1.90.